The summed E-state index contributed by atoms with van der Waals surface area (Å²) in [6.45, 7) is 8.84. The van der Waals surface area contributed by atoms with Crippen molar-refractivity contribution in [3.8, 4) is 0 Å². The molecule has 0 heterocycles. The third kappa shape index (κ3) is 4.47. The summed E-state index contributed by atoms with van der Waals surface area (Å²) < 4.78 is 0. The van der Waals surface area contributed by atoms with Gasteiger partial charge < -0.3 is 5.32 Å². The third-order valence-corrected chi connectivity index (χ3v) is 3.97. The quantitative estimate of drug-likeness (QED) is 0.733. The lowest BCUT2D eigenvalue weighted by Crippen LogP contribution is -2.34. The molecule has 0 aliphatic heterocycles. The molecule has 1 rings (SSSR count). The van der Waals surface area contributed by atoms with Crippen molar-refractivity contribution in [1.29, 1.82) is 0 Å². The van der Waals surface area contributed by atoms with E-state index in [4.69, 9.17) is 11.6 Å². The second kappa shape index (κ2) is 6.66. The van der Waals surface area contributed by atoms with E-state index in [0.29, 0.717) is 5.41 Å². The van der Waals surface area contributed by atoms with Gasteiger partial charge >= 0.3 is 0 Å². The van der Waals surface area contributed by atoms with Crippen LogP contribution in [-0.4, -0.2) is 13.1 Å². The van der Waals surface area contributed by atoms with Gasteiger partial charge in [-0.05, 0) is 43.1 Å². The van der Waals surface area contributed by atoms with E-state index < -0.39 is 0 Å². The highest BCUT2D eigenvalue weighted by Crippen LogP contribution is 2.42. The maximum absolute atomic E-state index is 5.66. The lowest BCUT2D eigenvalue weighted by atomic mass is 9.78. The van der Waals surface area contributed by atoms with E-state index in [1.54, 1.807) is 5.54 Å². The van der Waals surface area contributed by atoms with Gasteiger partial charge in [-0.2, -0.15) is 0 Å². The Bertz CT molecular complexity index is 227. The largest absolute Gasteiger partial charge is 0.312 e. The van der Waals surface area contributed by atoms with Crippen molar-refractivity contribution >= 4 is 11.6 Å². The molecule has 1 aliphatic rings. The van der Waals surface area contributed by atoms with Crippen LogP contribution in [0.1, 0.15) is 52.9 Å². The van der Waals surface area contributed by atoms with Crippen molar-refractivity contribution < 1.29 is 0 Å². The summed E-state index contributed by atoms with van der Waals surface area (Å²) in [6, 6.07) is 0. The average molecular weight is 244 g/mol. The van der Waals surface area contributed by atoms with E-state index in [1.165, 1.54) is 37.7 Å². The Labute approximate surface area is 106 Å². The van der Waals surface area contributed by atoms with Crippen LogP contribution in [0.5, 0.6) is 0 Å². The zero-order valence-electron chi connectivity index (χ0n) is 11.0. The average Bonchev–Trinajstić information content (AvgIpc) is 2.65. The van der Waals surface area contributed by atoms with Gasteiger partial charge in [0.05, 0.1) is 0 Å². The van der Waals surface area contributed by atoms with E-state index >= 15 is 0 Å². The molecule has 94 valence electrons. The first-order valence-corrected chi connectivity index (χ1v) is 6.98. The molecule has 1 aliphatic carbocycles. The van der Waals surface area contributed by atoms with E-state index in [9.17, 15) is 0 Å². The van der Waals surface area contributed by atoms with Crippen LogP contribution in [0.3, 0.4) is 0 Å². The lowest BCUT2D eigenvalue weighted by Gasteiger charge is -2.31. The molecule has 0 amide bonds. The van der Waals surface area contributed by atoms with Gasteiger partial charge in [0.1, 0.15) is 0 Å². The Kier molecular flexibility index (Phi) is 5.85. The Morgan fingerprint density at radius 2 is 2.00 bits per heavy atom. The van der Waals surface area contributed by atoms with Crippen LogP contribution < -0.4 is 5.32 Å². The van der Waals surface area contributed by atoms with Crippen molar-refractivity contribution in [2.45, 2.75) is 52.9 Å². The van der Waals surface area contributed by atoms with Crippen molar-refractivity contribution in [3.63, 3.8) is 0 Å². The number of halogens is 1. The number of hydrogen-bond acceptors (Lipinski definition) is 1. The number of nitrogens with one attached hydrogen (secondary N) is 1. The summed E-state index contributed by atoms with van der Waals surface area (Å²) in [7, 11) is 0. The standard InChI is InChI=1S/C14H26ClN/c1-12(2)8-14(6-4-5-7-14)11-16-10-13(3)9-15/h9,12,16H,4-8,10-11H2,1-3H3. The molecule has 0 atom stereocenters. The summed E-state index contributed by atoms with van der Waals surface area (Å²) in [5.41, 5.74) is 3.47. The smallest absolute Gasteiger partial charge is 0.0173 e. The highest BCUT2D eigenvalue weighted by Gasteiger charge is 2.33. The molecular formula is C14H26ClN. The highest BCUT2D eigenvalue weighted by atomic mass is 35.5. The maximum Gasteiger partial charge on any atom is 0.0173 e. The monoisotopic (exact) mass is 243 g/mol. The predicted molar refractivity (Wildman–Crippen MR) is 72.8 cm³/mol. The van der Waals surface area contributed by atoms with Gasteiger partial charge in [-0.15, -0.1) is 0 Å². The fourth-order valence-corrected chi connectivity index (χ4v) is 3.08. The number of hydrogen-bond donors (Lipinski definition) is 1. The molecule has 1 saturated carbocycles. The summed E-state index contributed by atoms with van der Waals surface area (Å²) >= 11 is 5.66. The summed E-state index contributed by atoms with van der Waals surface area (Å²) in [4.78, 5) is 0. The summed E-state index contributed by atoms with van der Waals surface area (Å²) in [5.74, 6) is 0.810. The summed E-state index contributed by atoms with van der Waals surface area (Å²) in [6.07, 6.45) is 7.00. The fraction of sp³-hybridized carbons (Fsp3) is 0.857. The maximum atomic E-state index is 5.66. The Hall–Kier alpha value is -0.0100. The van der Waals surface area contributed by atoms with Crippen LogP contribution in [0, 0.1) is 11.3 Å². The van der Waals surface area contributed by atoms with Crippen molar-refractivity contribution in [3.05, 3.63) is 11.1 Å². The zero-order valence-corrected chi connectivity index (χ0v) is 11.7. The summed E-state index contributed by atoms with van der Waals surface area (Å²) in [5, 5.41) is 3.57. The van der Waals surface area contributed by atoms with Crippen LogP contribution in [0.4, 0.5) is 0 Å². The van der Waals surface area contributed by atoms with Crippen molar-refractivity contribution in [2.24, 2.45) is 11.3 Å². The second-order valence-electron chi connectivity index (χ2n) is 5.86. The Balaban J connectivity index is 2.39. The molecule has 0 aromatic heterocycles. The van der Waals surface area contributed by atoms with Crippen LogP contribution in [-0.2, 0) is 0 Å². The van der Waals surface area contributed by atoms with Gasteiger partial charge in [0.15, 0.2) is 0 Å². The number of rotatable bonds is 6. The topological polar surface area (TPSA) is 12.0 Å². The lowest BCUT2D eigenvalue weighted by molar-refractivity contribution is 0.226. The van der Waals surface area contributed by atoms with Gasteiger partial charge in [0.2, 0.25) is 0 Å². The van der Waals surface area contributed by atoms with Crippen LogP contribution in [0.2, 0.25) is 0 Å². The van der Waals surface area contributed by atoms with E-state index in [1.807, 2.05) is 0 Å². The molecule has 0 radical (unpaired) electrons. The Morgan fingerprint density at radius 3 is 2.50 bits per heavy atom. The minimum Gasteiger partial charge on any atom is -0.312 e. The van der Waals surface area contributed by atoms with Crippen LogP contribution in [0.25, 0.3) is 0 Å². The minimum absolute atomic E-state index is 0.570. The first kappa shape index (κ1) is 14.1. The zero-order chi connectivity index (χ0) is 12.0. The third-order valence-electron chi connectivity index (χ3n) is 3.60. The fourth-order valence-electron chi connectivity index (χ4n) is 3.01. The molecule has 1 N–H and O–H groups in total. The van der Waals surface area contributed by atoms with Crippen molar-refractivity contribution in [1.82, 2.24) is 5.32 Å². The molecular weight excluding hydrogens is 218 g/mol. The van der Waals surface area contributed by atoms with Gasteiger partial charge in [0, 0.05) is 18.6 Å². The van der Waals surface area contributed by atoms with Crippen LogP contribution >= 0.6 is 11.6 Å². The van der Waals surface area contributed by atoms with Crippen LogP contribution in [0.15, 0.2) is 11.1 Å². The molecule has 0 bridgehead atoms. The minimum atomic E-state index is 0.570. The van der Waals surface area contributed by atoms with E-state index in [2.05, 4.69) is 26.1 Å². The Morgan fingerprint density at radius 1 is 1.38 bits per heavy atom. The van der Waals surface area contributed by atoms with Gasteiger partial charge in [-0.3, -0.25) is 0 Å². The molecule has 16 heavy (non-hydrogen) atoms. The SMILES string of the molecule is CC(=CCl)CNCC1(CC(C)C)CCCC1. The molecule has 2 heteroatoms. The molecule has 1 nitrogen and oxygen atoms in total. The molecule has 0 spiro atoms. The van der Waals surface area contributed by atoms with Gasteiger partial charge in [-0.1, -0.05) is 38.3 Å². The predicted octanol–water partition coefficient (Wildman–Crippen LogP) is 4.33. The van der Waals surface area contributed by atoms with Gasteiger partial charge in [-0.25, -0.2) is 0 Å². The van der Waals surface area contributed by atoms with E-state index in [-0.39, 0.29) is 0 Å². The molecule has 0 aromatic rings. The molecule has 1 fully saturated rings. The normalized spacial score (nSPS) is 20.7. The molecule has 0 saturated heterocycles. The highest BCUT2D eigenvalue weighted by molar-refractivity contribution is 6.25. The van der Waals surface area contributed by atoms with E-state index in [0.717, 1.165) is 19.0 Å². The first-order chi connectivity index (χ1) is 7.58. The second-order valence-corrected chi connectivity index (χ2v) is 6.08. The van der Waals surface area contributed by atoms with Gasteiger partial charge in [0.25, 0.3) is 0 Å². The molecule has 0 unspecified atom stereocenters. The van der Waals surface area contributed by atoms with Crippen molar-refractivity contribution in [2.75, 3.05) is 13.1 Å². The molecule has 0 aromatic carbocycles. The first-order valence-electron chi connectivity index (χ1n) is 6.54.